The number of rotatable bonds is 5. The molecule has 2 aromatic rings. The van der Waals surface area contributed by atoms with Crippen LogP contribution in [0, 0.1) is 5.82 Å². The number of carbonyl (C=O) groups is 2. The van der Waals surface area contributed by atoms with Crippen molar-refractivity contribution in [3.8, 4) is 5.75 Å². The van der Waals surface area contributed by atoms with Gasteiger partial charge in [-0.3, -0.25) is 4.98 Å². The van der Waals surface area contributed by atoms with Crippen LogP contribution in [0.3, 0.4) is 0 Å². The van der Waals surface area contributed by atoms with E-state index in [0.29, 0.717) is 18.8 Å². The van der Waals surface area contributed by atoms with Gasteiger partial charge in [0, 0.05) is 25.4 Å². The number of aromatic nitrogens is 1. The van der Waals surface area contributed by atoms with E-state index in [1.807, 2.05) is 12.1 Å². The number of likely N-dealkylation sites (tertiary alicyclic amines) is 1. The predicted molar refractivity (Wildman–Crippen MR) is 93.5 cm³/mol. The number of pyridine rings is 1. The fourth-order valence-electron chi connectivity index (χ4n) is 3.08. The Morgan fingerprint density at radius 3 is 2.48 bits per heavy atom. The maximum Gasteiger partial charge on any atom is 0.407 e. The number of benzene rings is 1. The monoisotopic (exact) mass is 374 g/mol. The molecule has 0 saturated carbocycles. The van der Waals surface area contributed by atoms with Gasteiger partial charge >= 0.3 is 12.1 Å². The highest BCUT2D eigenvalue weighted by molar-refractivity contribution is 5.88. The highest BCUT2D eigenvalue weighted by atomic mass is 19.1. The molecule has 0 bridgehead atoms. The summed E-state index contributed by atoms with van der Waals surface area (Å²) in [7, 11) is 0. The molecule has 0 radical (unpaired) electrons. The number of nitrogens with zero attached hydrogens (tertiary/aromatic N) is 2. The van der Waals surface area contributed by atoms with Crippen LogP contribution in [0.4, 0.5) is 9.18 Å². The predicted octanol–water partition coefficient (Wildman–Crippen LogP) is 3.36. The lowest BCUT2D eigenvalue weighted by atomic mass is 9.90. The van der Waals surface area contributed by atoms with Crippen molar-refractivity contribution in [3.05, 3.63) is 59.2 Å². The molecular formula is C19H19FN2O5. The van der Waals surface area contributed by atoms with E-state index in [0.717, 1.165) is 30.5 Å². The molecule has 27 heavy (non-hydrogen) atoms. The minimum atomic E-state index is -1.33. The standard InChI is InChI=1S/C19H19FN2O5/c20-17-9-15(3-4-16(17)18(23)24)27-11-14-2-1-13(10-21-14)12-5-7-22(8-6-12)19(25)26/h1-4,9-10,12H,5-8,11H2,(H,23,24)(H,25,26). The molecule has 0 atom stereocenters. The Balaban J connectivity index is 1.56. The second kappa shape index (κ2) is 8.03. The molecule has 142 valence electrons. The molecule has 8 heteroatoms. The minimum Gasteiger partial charge on any atom is -0.487 e. The molecule has 1 aliphatic heterocycles. The lowest BCUT2D eigenvalue weighted by molar-refractivity contribution is 0.0691. The first-order chi connectivity index (χ1) is 12.9. The van der Waals surface area contributed by atoms with Crippen molar-refractivity contribution in [3.63, 3.8) is 0 Å². The van der Waals surface area contributed by atoms with E-state index in [4.69, 9.17) is 14.9 Å². The Morgan fingerprint density at radius 2 is 1.93 bits per heavy atom. The molecule has 1 amide bonds. The number of carboxylic acid groups (broad SMARTS) is 2. The maximum atomic E-state index is 13.6. The van der Waals surface area contributed by atoms with Gasteiger partial charge in [-0.05, 0) is 42.5 Å². The molecule has 3 rings (SSSR count). The van der Waals surface area contributed by atoms with Crippen LogP contribution >= 0.6 is 0 Å². The summed E-state index contributed by atoms with van der Waals surface area (Å²) in [6.07, 6.45) is 2.40. The average Bonchev–Trinajstić information content (AvgIpc) is 2.66. The van der Waals surface area contributed by atoms with Crippen LogP contribution in [0.15, 0.2) is 36.5 Å². The maximum absolute atomic E-state index is 13.6. The highest BCUT2D eigenvalue weighted by Crippen LogP contribution is 2.27. The molecular weight excluding hydrogens is 355 g/mol. The Kier molecular flexibility index (Phi) is 5.54. The van der Waals surface area contributed by atoms with Gasteiger partial charge in [0.1, 0.15) is 18.2 Å². The number of carboxylic acids is 1. The zero-order valence-corrected chi connectivity index (χ0v) is 14.5. The third kappa shape index (κ3) is 4.52. The third-order valence-corrected chi connectivity index (χ3v) is 4.64. The van der Waals surface area contributed by atoms with Crippen molar-refractivity contribution in [2.45, 2.75) is 25.4 Å². The van der Waals surface area contributed by atoms with Crippen molar-refractivity contribution in [1.82, 2.24) is 9.88 Å². The number of aromatic carboxylic acids is 1. The fraction of sp³-hybridized carbons (Fsp3) is 0.316. The largest absolute Gasteiger partial charge is 0.487 e. The summed E-state index contributed by atoms with van der Waals surface area (Å²) in [5.74, 6) is -1.67. The summed E-state index contributed by atoms with van der Waals surface area (Å²) in [5, 5.41) is 17.8. The lowest BCUT2D eigenvalue weighted by Gasteiger charge is -2.30. The third-order valence-electron chi connectivity index (χ3n) is 4.64. The number of piperidine rings is 1. The Morgan fingerprint density at radius 1 is 1.19 bits per heavy atom. The van der Waals surface area contributed by atoms with Crippen LogP contribution in [-0.2, 0) is 6.61 Å². The van der Waals surface area contributed by atoms with Gasteiger partial charge in [-0.1, -0.05) is 6.07 Å². The summed E-state index contributed by atoms with van der Waals surface area (Å²) >= 11 is 0. The molecule has 1 aromatic heterocycles. The number of hydrogen-bond acceptors (Lipinski definition) is 4. The Bertz CT molecular complexity index is 832. The molecule has 2 heterocycles. The van der Waals surface area contributed by atoms with Crippen LogP contribution in [0.2, 0.25) is 0 Å². The van der Waals surface area contributed by atoms with Gasteiger partial charge < -0.3 is 19.8 Å². The van der Waals surface area contributed by atoms with E-state index >= 15 is 0 Å². The summed E-state index contributed by atoms with van der Waals surface area (Å²) < 4.78 is 19.1. The van der Waals surface area contributed by atoms with Crippen molar-refractivity contribution >= 4 is 12.1 Å². The van der Waals surface area contributed by atoms with Gasteiger partial charge in [0.15, 0.2) is 0 Å². The SMILES string of the molecule is O=C(O)c1ccc(OCc2ccc(C3CCN(C(=O)O)CC3)cn2)cc1F. The minimum absolute atomic E-state index is 0.129. The van der Waals surface area contributed by atoms with E-state index in [2.05, 4.69) is 4.98 Å². The van der Waals surface area contributed by atoms with Crippen LogP contribution in [0.25, 0.3) is 0 Å². The molecule has 2 N–H and O–H groups in total. The molecule has 1 aromatic carbocycles. The highest BCUT2D eigenvalue weighted by Gasteiger charge is 2.23. The van der Waals surface area contributed by atoms with Crippen molar-refractivity contribution in [2.75, 3.05) is 13.1 Å². The number of amides is 1. The molecule has 0 aliphatic carbocycles. The lowest BCUT2D eigenvalue weighted by Crippen LogP contribution is -2.36. The average molecular weight is 374 g/mol. The van der Waals surface area contributed by atoms with E-state index in [1.54, 1.807) is 6.20 Å². The zero-order chi connectivity index (χ0) is 19.4. The smallest absolute Gasteiger partial charge is 0.407 e. The molecule has 0 unspecified atom stereocenters. The van der Waals surface area contributed by atoms with Crippen LogP contribution in [0.5, 0.6) is 5.75 Å². The summed E-state index contributed by atoms with van der Waals surface area (Å²) in [6, 6.07) is 7.36. The van der Waals surface area contributed by atoms with Gasteiger partial charge in [-0.25, -0.2) is 14.0 Å². The van der Waals surface area contributed by atoms with Crippen LogP contribution < -0.4 is 4.74 Å². The molecule has 0 spiro atoms. The summed E-state index contributed by atoms with van der Waals surface area (Å²) in [6.45, 7) is 1.16. The molecule has 1 fully saturated rings. The van der Waals surface area contributed by atoms with Gasteiger partial charge in [-0.2, -0.15) is 0 Å². The molecule has 7 nitrogen and oxygen atoms in total. The van der Waals surface area contributed by atoms with Gasteiger partial charge in [0.2, 0.25) is 0 Å². The first kappa shape index (κ1) is 18.6. The van der Waals surface area contributed by atoms with Gasteiger partial charge in [-0.15, -0.1) is 0 Å². The summed E-state index contributed by atoms with van der Waals surface area (Å²) in [5.41, 5.74) is 1.31. The van der Waals surface area contributed by atoms with Gasteiger partial charge in [0.25, 0.3) is 0 Å². The van der Waals surface area contributed by atoms with Crippen LogP contribution in [-0.4, -0.2) is 45.2 Å². The van der Waals surface area contributed by atoms with E-state index in [1.165, 1.54) is 11.0 Å². The number of halogens is 1. The van der Waals surface area contributed by atoms with E-state index in [9.17, 15) is 14.0 Å². The normalized spacial score (nSPS) is 14.8. The van der Waals surface area contributed by atoms with E-state index in [-0.39, 0.29) is 18.3 Å². The molecule has 1 saturated heterocycles. The first-order valence-corrected chi connectivity index (χ1v) is 8.52. The van der Waals surface area contributed by atoms with Crippen molar-refractivity contribution in [1.29, 1.82) is 0 Å². The topological polar surface area (TPSA) is 100.0 Å². The first-order valence-electron chi connectivity index (χ1n) is 8.52. The Hall–Kier alpha value is -3.16. The van der Waals surface area contributed by atoms with Gasteiger partial charge in [0.05, 0.1) is 11.3 Å². The quantitative estimate of drug-likeness (QED) is 0.832. The van der Waals surface area contributed by atoms with Crippen LogP contribution in [0.1, 0.15) is 40.4 Å². The van der Waals surface area contributed by atoms with E-state index < -0.39 is 23.4 Å². The van der Waals surface area contributed by atoms with Crippen molar-refractivity contribution < 1.29 is 28.9 Å². The Labute approximate surface area is 155 Å². The summed E-state index contributed by atoms with van der Waals surface area (Å²) in [4.78, 5) is 27.5. The molecule has 1 aliphatic rings. The fourth-order valence-corrected chi connectivity index (χ4v) is 3.08. The second-order valence-corrected chi connectivity index (χ2v) is 6.36. The zero-order valence-electron chi connectivity index (χ0n) is 14.5. The number of hydrogen-bond donors (Lipinski definition) is 2. The number of ether oxygens (including phenoxy) is 1. The van der Waals surface area contributed by atoms with Crippen molar-refractivity contribution in [2.24, 2.45) is 0 Å². The second-order valence-electron chi connectivity index (χ2n) is 6.36.